The zero-order valence-corrected chi connectivity index (χ0v) is 17.3. The monoisotopic (exact) mass is 443 g/mol. The average molecular weight is 444 g/mol. The van der Waals surface area contributed by atoms with E-state index in [0.29, 0.717) is 35.3 Å². The van der Waals surface area contributed by atoms with E-state index in [-0.39, 0.29) is 16.7 Å². The molecule has 3 aromatic rings. The number of aromatic nitrogens is 1. The van der Waals surface area contributed by atoms with E-state index in [9.17, 15) is 13.2 Å². The number of pyridine rings is 1. The summed E-state index contributed by atoms with van der Waals surface area (Å²) < 4.78 is 28.6. The lowest BCUT2D eigenvalue weighted by Crippen LogP contribution is -2.24. The van der Waals surface area contributed by atoms with E-state index in [0.717, 1.165) is 5.56 Å². The third-order valence-corrected chi connectivity index (χ3v) is 6.12. The fourth-order valence-corrected chi connectivity index (χ4v) is 4.04. The Morgan fingerprint density at radius 2 is 1.87 bits per heavy atom. The maximum Gasteiger partial charge on any atom is 0.238 e. The van der Waals surface area contributed by atoms with Gasteiger partial charge in [-0.25, -0.2) is 18.5 Å². The molecular weight excluding hydrogens is 426 g/mol. The summed E-state index contributed by atoms with van der Waals surface area (Å²) in [5.41, 5.74) is 1.54. The van der Waals surface area contributed by atoms with Gasteiger partial charge in [-0.3, -0.25) is 4.79 Å². The molecule has 30 heavy (non-hydrogen) atoms. The van der Waals surface area contributed by atoms with Gasteiger partial charge in [-0.2, -0.15) is 0 Å². The number of nitrogens with two attached hydrogens (primary N) is 1. The molecule has 0 unspecified atom stereocenters. The second-order valence-electron chi connectivity index (χ2n) is 6.90. The van der Waals surface area contributed by atoms with Crippen LogP contribution in [0.2, 0.25) is 5.02 Å². The zero-order valence-electron chi connectivity index (χ0n) is 15.7. The number of hydrogen-bond acceptors (Lipinski definition) is 5. The highest BCUT2D eigenvalue weighted by Gasteiger charge is 2.32. The molecule has 1 fully saturated rings. The van der Waals surface area contributed by atoms with Gasteiger partial charge in [0.1, 0.15) is 5.75 Å². The lowest BCUT2D eigenvalue weighted by atomic mass is 9.98. The Labute approximate surface area is 179 Å². The lowest BCUT2D eigenvalue weighted by Gasteiger charge is -2.17. The van der Waals surface area contributed by atoms with Crippen LogP contribution in [0.5, 0.6) is 11.6 Å². The second kappa shape index (κ2) is 8.06. The van der Waals surface area contributed by atoms with Crippen molar-refractivity contribution in [1.29, 1.82) is 0 Å². The van der Waals surface area contributed by atoms with Crippen molar-refractivity contribution < 1.29 is 17.9 Å². The van der Waals surface area contributed by atoms with Crippen LogP contribution in [-0.2, 0) is 14.8 Å². The minimum Gasteiger partial charge on any atom is -0.437 e. The molecule has 4 rings (SSSR count). The Morgan fingerprint density at radius 3 is 2.53 bits per heavy atom. The maximum atomic E-state index is 12.6. The minimum absolute atomic E-state index is 0.00320. The molecule has 1 aliphatic heterocycles. The molecule has 1 aliphatic rings. The summed E-state index contributed by atoms with van der Waals surface area (Å²) in [7, 11) is -3.78. The van der Waals surface area contributed by atoms with Gasteiger partial charge in [0, 0.05) is 36.8 Å². The summed E-state index contributed by atoms with van der Waals surface area (Å²) in [6.45, 7) is 0.457. The summed E-state index contributed by atoms with van der Waals surface area (Å²) >= 11 is 6.27. The van der Waals surface area contributed by atoms with Gasteiger partial charge in [-0.05, 0) is 48.0 Å². The number of amides is 1. The Bertz CT molecular complexity index is 1180. The van der Waals surface area contributed by atoms with Gasteiger partial charge in [0.25, 0.3) is 0 Å². The van der Waals surface area contributed by atoms with Crippen LogP contribution in [0, 0.1) is 0 Å². The van der Waals surface area contributed by atoms with Crippen LogP contribution in [0.3, 0.4) is 0 Å². The minimum atomic E-state index is -3.78. The van der Waals surface area contributed by atoms with Crippen LogP contribution in [0.1, 0.15) is 17.9 Å². The highest BCUT2D eigenvalue weighted by molar-refractivity contribution is 7.89. The molecule has 1 aromatic heterocycles. The van der Waals surface area contributed by atoms with E-state index in [4.69, 9.17) is 21.5 Å². The number of anilines is 1. The van der Waals surface area contributed by atoms with Gasteiger partial charge in [-0.1, -0.05) is 23.7 Å². The topological polar surface area (TPSA) is 103 Å². The van der Waals surface area contributed by atoms with Gasteiger partial charge >= 0.3 is 0 Å². The lowest BCUT2D eigenvalue weighted by molar-refractivity contribution is -0.117. The van der Waals surface area contributed by atoms with Crippen molar-refractivity contribution in [3.63, 3.8) is 0 Å². The first kappa shape index (κ1) is 20.3. The first-order valence-electron chi connectivity index (χ1n) is 9.13. The number of carbonyl (C=O) groups excluding carboxylic acids is 1. The number of rotatable bonds is 5. The van der Waals surface area contributed by atoms with E-state index in [2.05, 4.69) is 4.98 Å². The molecule has 1 amide bonds. The highest BCUT2D eigenvalue weighted by atomic mass is 35.5. The standard InChI is InChI=1S/C21H18ClN3O4S/c22-18-9-4-14(11-19(18)29-20-3-1-2-10-24-20)15-12-21(26)25(13-15)16-5-7-17(8-6-16)30(23,27)28/h1-11,15H,12-13H2,(H2,23,27,28)/t15-/m0/s1. The molecule has 0 radical (unpaired) electrons. The van der Waals surface area contributed by atoms with Crippen molar-refractivity contribution in [2.75, 3.05) is 11.4 Å². The normalized spacial score (nSPS) is 16.7. The summed E-state index contributed by atoms with van der Waals surface area (Å²) in [5, 5.41) is 5.58. The van der Waals surface area contributed by atoms with Crippen molar-refractivity contribution in [2.45, 2.75) is 17.2 Å². The molecule has 2 N–H and O–H groups in total. The van der Waals surface area contributed by atoms with Crippen molar-refractivity contribution in [1.82, 2.24) is 4.98 Å². The zero-order chi connectivity index (χ0) is 21.3. The number of halogens is 1. The second-order valence-corrected chi connectivity index (χ2v) is 8.87. The predicted octanol–water partition coefficient (Wildman–Crippen LogP) is 3.70. The Hall–Kier alpha value is -2.94. The predicted molar refractivity (Wildman–Crippen MR) is 113 cm³/mol. The van der Waals surface area contributed by atoms with Crippen molar-refractivity contribution in [3.05, 3.63) is 77.4 Å². The van der Waals surface area contributed by atoms with Crippen LogP contribution < -0.4 is 14.8 Å². The fraction of sp³-hybridized carbons (Fsp3) is 0.143. The first-order valence-corrected chi connectivity index (χ1v) is 11.1. The molecule has 0 spiro atoms. The largest absolute Gasteiger partial charge is 0.437 e. The van der Waals surface area contributed by atoms with E-state index < -0.39 is 10.0 Å². The molecule has 2 aromatic carbocycles. The average Bonchev–Trinajstić information content (AvgIpc) is 3.11. The van der Waals surface area contributed by atoms with Gasteiger partial charge < -0.3 is 9.64 Å². The molecule has 0 saturated carbocycles. The third-order valence-electron chi connectivity index (χ3n) is 4.88. The van der Waals surface area contributed by atoms with Gasteiger partial charge in [0.15, 0.2) is 0 Å². The highest BCUT2D eigenvalue weighted by Crippen LogP contribution is 2.36. The summed E-state index contributed by atoms with van der Waals surface area (Å²) in [6, 6.07) is 16.7. The fourth-order valence-electron chi connectivity index (χ4n) is 3.37. The van der Waals surface area contributed by atoms with Crippen LogP contribution in [0.15, 0.2) is 71.8 Å². The molecule has 9 heteroatoms. The number of nitrogens with zero attached hydrogens (tertiary/aromatic N) is 2. The third kappa shape index (κ3) is 4.30. The quantitative estimate of drug-likeness (QED) is 0.647. The van der Waals surface area contributed by atoms with E-state index in [1.807, 2.05) is 18.2 Å². The number of benzene rings is 2. The molecule has 0 bridgehead atoms. The molecule has 1 atom stereocenters. The van der Waals surface area contributed by atoms with Gasteiger partial charge in [0.2, 0.25) is 21.8 Å². The van der Waals surface area contributed by atoms with Crippen LogP contribution >= 0.6 is 11.6 Å². The Kier molecular flexibility index (Phi) is 5.46. The molecule has 154 valence electrons. The smallest absolute Gasteiger partial charge is 0.238 e. The van der Waals surface area contributed by atoms with E-state index in [1.165, 1.54) is 12.1 Å². The molecule has 1 saturated heterocycles. The van der Waals surface area contributed by atoms with Gasteiger partial charge in [-0.15, -0.1) is 0 Å². The molecule has 7 nitrogen and oxygen atoms in total. The molecular formula is C21H18ClN3O4S. The number of primary sulfonamides is 1. The van der Waals surface area contributed by atoms with E-state index >= 15 is 0 Å². The maximum absolute atomic E-state index is 12.6. The number of carbonyl (C=O) groups is 1. The summed E-state index contributed by atoms with van der Waals surface area (Å²) in [6.07, 6.45) is 1.95. The number of ether oxygens (including phenoxy) is 1. The van der Waals surface area contributed by atoms with Crippen LogP contribution in [0.4, 0.5) is 5.69 Å². The summed E-state index contributed by atoms with van der Waals surface area (Å²) in [4.78, 5) is 18.4. The van der Waals surface area contributed by atoms with Crippen molar-refractivity contribution >= 4 is 33.2 Å². The summed E-state index contributed by atoms with van der Waals surface area (Å²) in [5.74, 6) is 0.788. The van der Waals surface area contributed by atoms with Crippen LogP contribution in [-0.4, -0.2) is 25.9 Å². The SMILES string of the molecule is NS(=O)(=O)c1ccc(N2C[C@@H](c3ccc(Cl)c(Oc4ccccn4)c3)CC2=O)cc1. The van der Waals surface area contributed by atoms with Crippen molar-refractivity contribution in [2.24, 2.45) is 5.14 Å². The first-order chi connectivity index (χ1) is 14.3. The molecule has 0 aliphatic carbocycles. The van der Waals surface area contributed by atoms with E-state index in [1.54, 1.807) is 41.4 Å². The van der Waals surface area contributed by atoms with Crippen molar-refractivity contribution in [3.8, 4) is 11.6 Å². The molecule has 2 heterocycles. The Morgan fingerprint density at radius 1 is 1.10 bits per heavy atom. The van der Waals surface area contributed by atoms with Gasteiger partial charge in [0.05, 0.1) is 9.92 Å². The van der Waals surface area contributed by atoms with Crippen LogP contribution in [0.25, 0.3) is 0 Å². The Balaban J connectivity index is 1.55. The number of hydrogen-bond donors (Lipinski definition) is 1. The number of sulfonamides is 1.